The van der Waals surface area contributed by atoms with Gasteiger partial charge in [0.25, 0.3) is 10.5 Å². The quantitative estimate of drug-likeness (QED) is 0.517. The summed E-state index contributed by atoms with van der Waals surface area (Å²) in [5, 5.41) is 24.1. The van der Waals surface area contributed by atoms with Gasteiger partial charge in [-0.3, -0.25) is 4.79 Å². The van der Waals surface area contributed by atoms with Crippen molar-refractivity contribution in [1.82, 2.24) is 9.78 Å². The van der Waals surface area contributed by atoms with Gasteiger partial charge in [-0.1, -0.05) is 48.5 Å². The third-order valence-corrected chi connectivity index (χ3v) is 4.51. The molecule has 0 fully saturated rings. The van der Waals surface area contributed by atoms with E-state index in [2.05, 4.69) is 5.10 Å². The number of aromatic nitrogens is 2. The molecule has 29 heavy (non-hydrogen) atoms. The van der Waals surface area contributed by atoms with E-state index >= 15 is 0 Å². The number of nitrogens with zero attached hydrogens (tertiary/aromatic N) is 3. The van der Waals surface area contributed by atoms with E-state index < -0.39 is 16.5 Å². The smallest absolute Gasteiger partial charge is 0.342 e. The number of aromatic carboxylic acids is 1. The van der Waals surface area contributed by atoms with Crippen LogP contribution in [0.15, 0.2) is 77.6 Å². The Morgan fingerprint density at radius 3 is 2.24 bits per heavy atom. The monoisotopic (exact) mass is 388 g/mol. The molecule has 0 radical (unpaired) electrons. The highest BCUT2D eigenvalue weighted by atomic mass is 16.6. The molecule has 3 aromatic carbocycles. The maximum Gasteiger partial charge on any atom is 0.342 e. The van der Waals surface area contributed by atoms with Crippen LogP contribution in [0.25, 0.3) is 27.7 Å². The van der Waals surface area contributed by atoms with Gasteiger partial charge in [0.1, 0.15) is 0 Å². The summed E-state index contributed by atoms with van der Waals surface area (Å²) in [5.41, 5.74) is 0.0492. The molecular weight excluding hydrogens is 374 g/mol. The molecule has 0 aliphatic heterocycles. The van der Waals surface area contributed by atoms with E-state index in [4.69, 9.17) is 0 Å². The van der Waals surface area contributed by atoms with Gasteiger partial charge in [0.15, 0.2) is 5.69 Å². The summed E-state index contributed by atoms with van der Waals surface area (Å²) in [6.07, 6.45) is 0. The van der Waals surface area contributed by atoms with Crippen LogP contribution in [0.5, 0.6) is 0 Å². The number of benzene rings is 3. The molecule has 0 saturated heterocycles. The lowest BCUT2D eigenvalue weighted by Gasteiger charge is -2.11. The van der Waals surface area contributed by atoms with Crippen LogP contribution >= 0.6 is 0 Å². The van der Waals surface area contributed by atoms with Gasteiger partial charge in [0.2, 0.25) is 0 Å². The molecule has 0 atom stereocenters. The molecule has 0 amide bonds. The lowest BCUT2D eigenvalue weighted by Crippen LogP contribution is -2.23. The van der Waals surface area contributed by atoms with Crippen molar-refractivity contribution in [2.24, 2.45) is 0 Å². The van der Waals surface area contributed by atoms with Crippen LogP contribution in [0.4, 0.5) is 5.69 Å². The first kappa shape index (κ1) is 18.1. The summed E-state index contributed by atoms with van der Waals surface area (Å²) in [6.45, 7) is 0. The van der Waals surface area contributed by atoms with Crippen molar-refractivity contribution >= 4 is 22.4 Å². The first-order valence-electron chi connectivity index (χ1n) is 8.58. The maximum atomic E-state index is 13.1. The number of hydrogen-bond acceptors (Lipinski definition) is 4. The van der Waals surface area contributed by atoms with Gasteiger partial charge in [-0.15, -0.1) is 0 Å². The van der Waals surface area contributed by atoms with Crippen molar-refractivity contribution in [2.45, 2.75) is 0 Å². The van der Waals surface area contributed by atoms with Crippen molar-refractivity contribution in [3.8, 4) is 16.9 Å². The molecule has 8 heteroatoms. The fraction of sp³-hybridized carbons (Fsp3) is 0. The number of fused-ring (bicyclic) bond motifs is 1. The minimum Gasteiger partial charge on any atom is -0.478 e. The summed E-state index contributed by atoms with van der Waals surface area (Å²) in [5.74, 6) is -1.25. The molecule has 0 bridgehead atoms. The number of hydrogen-bond donors (Lipinski definition) is 2. The normalized spacial score (nSPS) is 10.8. The van der Waals surface area contributed by atoms with Crippen molar-refractivity contribution < 1.29 is 20.0 Å². The molecule has 2 N–H and O–H groups in total. The SMILES string of the molecule is O=C(O)c1ccc([N+](=O)O)c(-n2nc(-c3ccccc3)c3ccccc3c2=O)c1. The van der Waals surface area contributed by atoms with Crippen LogP contribution in [0.3, 0.4) is 0 Å². The second-order valence-corrected chi connectivity index (χ2v) is 6.26. The van der Waals surface area contributed by atoms with Gasteiger partial charge < -0.3 is 5.11 Å². The Labute approximate surface area is 163 Å². The highest BCUT2D eigenvalue weighted by Gasteiger charge is 2.25. The summed E-state index contributed by atoms with van der Waals surface area (Å²) in [7, 11) is 0. The highest BCUT2D eigenvalue weighted by molar-refractivity contribution is 5.94. The van der Waals surface area contributed by atoms with Crippen LogP contribution in [0.2, 0.25) is 0 Å². The average molecular weight is 388 g/mol. The van der Waals surface area contributed by atoms with Crippen molar-refractivity contribution in [3.05, 3.63) is 93.6 Å². The zero-order valence-electron chi connectivity index (χ0n) is 14.9. The Balaban J connectivity index is 2.12. The van der Waals surface area contributed by atoms with E-state index in [0.29, 0.717) is 16.5 Å². The molecule has 142 valence electrons. The molecule has 0 spiro atoms. The summed E-state index contributed by atoms with van der Waals surface area (Å²) in [4.78, 5) is 35.7. The topological polar surface area (TPSA) is 112 Å². The molecule has 0 aliphatic rings. The van der Waals surface area contributed by atoms with E-state index in [9.17, 15) is 24.8 Å². The zero-order valence-corrected chi connectivity index (χ0v) is 14.9. The van der Waals surface area contributed by atoms with Crippen molar-refractivity contribution in [2.75, 3.05) is 0 Å². The minimum atomic E-state index is -1.25. The second kappa shape index (κ2) is 7.01. The van der Waals surface area contributed by atoms with Gasteiger partial charge in [-0.25, -0.2) is 10.0 Å². The maximum absolute atomic E-state index is 13.1. The van der Waals surface area contributed by atoms with Crippen molar-refractivity contribution in [3.63, 3.8) is 0 Å². The Hall–Kier alpha value is -4.33. The zero-order chi connectivity index (χ0) is 20.5. The number of carboxylic acid groups (broad SMARTS) is 1. The number of carboxylic acids is 1. The summed E-state index contributed by atoms with van der Waals surface area (Å²) >= 11 is 0. The third-order valence-electron chi connectivity index (χ3n) is 4.51. The van der Waals surface area contributed by atoms with E-state index in [0.717, 1.165) is 28.4 Å². The fourth-order valence-electron chi connectivity index (χ4n) is 3.15. The van der Waals surface area contributed by atoms with Gasteiger partial charge >= 0.3 is 11.7 Å². The predicted molar refractivity (Wildman–Crippen MR) is 105 cm³/mol. The summed E-state index contributed by atoms with van der Waals surface area (Å²) in [6, 6.07) is 19.4. The van der Waals surface area contributed by atoms with E-state index in [1.165, 1.54) is 0 Å². The van der Waals surface area contributed by atoms with E-state index in [1.54, 1.807) is 24.3 Å². The van der Waals surface area contributed by atoms with E-state index in [-0.39, 0.29) is 16.9 Å². The van der Waals surface area contributed by atoms with Gasteiger partial charge in [-0.2, -0.15) is 9.78 Å². The molecule has 0 unspecified atom stereocenters. The van der Waals surface area contributed by atoms with Crippen LogP contribution < -0.4 is 5.56 Å². The van der Waals surface area contributed by atoms with Gasteiger partial charge in [0.05, 0.1) is 21.6 Å². The van der Waals surface area contributed by atoms with Crippen LogP contribution in [-0.2, 0) is 0 Å². The van der Waals surface area contributed by atoms with Crippen LogP contribution in [0, 0.1) is 4.91 Å². The summed E-state index contributed by atoms with van der Waals surface area (Å²) < 4.78 is 0.938. The molecular formula is C21H14N3O5+. The largest absolute Gasteiger partial charge is 0.478 e. The first-order valence-corrected chi connectivity index (χ1v) is 8.58. The standard InChI is InChI=1S/C21H13N3O5/c25-20-16-9-5-4-8-15(16)19(13-6-2-1-3-7-13)22-23(20)18-12-14(21(26)27)10-11-17(18)24(28)29/h1-12H,(H-,26,27,28,29)/p+1. The fourth-order valence-corrected chi connectivity index (χ4v) is 3.15. The lowest BCUT2D eigenvalue weighted by molar-refractivity contribution is -0.729. The minimum absolute atomic E-state index is 0.143. The molecule has 1 heterocycles. The van der Waals surface area contributed by atoms with Crippen LogP contribution in [-0.4, -0.2) is 31.0 Å². The highest BCUT2D eigenvalue weighted by Crippen LogP contribution is 2.27. The van der Waals surface area contributed by atoms with Crippen LogP contribution in [0.1, 0.15) is 10.4 Å². The molecule has 4 aromatic rings. The third kappa shape index (κ3) is 3.12. The number of carbonyl (C=O) groups is 1. The molecule has 0 aliphatic carbocycles. The molecule has 8 nitrogen and oxygen atoms in total. The Kier molecular flexibility index (Phi) is 4.36. The molecule has 1 aromatic heterocycles. The predicted octanol–water partition coefficient (Wildman–Crippen LogP) is 3.55. The molecule has 4 rings (SSSR count). The van der Waals surface area contributed by atoms with E-state index in [1.807, 2.05) is 30.3 Å². The van der Waals surface area contributed by atoms with Gasteiger partial charge in [-0.05, 0) is 18.2 Å². The van der Waals surface area contributed by atoms with Crippen molar-refractivity contribution in [1.29, 1.82) is 0 Å². The second-order valence-electron chi connectivity index (χ2n) is 6.26. The Bertz CT molecular complexity index is 1330. The Morgan fingerprint density at radius 1 is 0.931 bits per heavy atom. The first-order chi connectivity index (χ1) is 14.0. The number of rotatable bonds is 4. The lowest BCUT2D eigenvalue weighted by atomic mass is 10.0. The molecule has 0 saturated carbocycles. The Morgan fingerprint density at radius 2 is 1.59 bits per heavy atom. The average Bonchev–Trinajstić information content (AvgIpc) is 2.74. The van der Waals surface area contributed by atoms with Gasteiger partial charge in [0, 0.05) is 17.0 Å².